The lowest BCUT2D eigenvalue weighted by atomic mass is 9.74. The molecule has 1 rings (SSSR count). The summed E-state index contributed by atoms with van der Waals surface area (Å²) in [5.74, 6) is -1.98. The zero-order valence-electron chi connectivity index (χ0n) is 15.7. The van der Waals surface area contributed by atoms with E-state index in [9.17, 15) is 19.2 Å². The number of carbonyl (C=O) groups is 2. The molecule has 146 valence electrons. The number of nitrogens with one attached hydrogen (secondary N) is 1. The maximum atomic E-state index is 12.6. The minimum absolute atomic E-state index is 0.0335. The number of aromatic amines is 1. The molecule has 0 spiro atoms. The summed E-state index contributed by atoms with van der Waals surface area (Å²) in [6.45, 7) is 6.78. The van der Waals surface area contributed by atoms with Crippen LogP contribution in [-0.2, 0) is 23.8 Å². The largest absolute Gasteiger partial charge is 0.466 e. The number of methoxy groups -OCH3 is 1. The van der Waals surface area contributed by atoms with E-state index < -0.39 is 40.7 Å². The number of esters is 2. The van der Waals surface area contributed by atoms with Gasteiger partial charge in [0.2, 0.25) is 0 Å². The highest BCUT2D eigenvalue weighted by atomic mass is 16.5. The number of hydrogen-bond donors (Lipinski definition) is 1. The Labute approximate surface area is 151 Å². The molecule has 0 amide bonds. The third-order valence-electron chi connectivity index (χ3n) is 4.37. The van der Waals surface area contributed by atoms with Crippen LogP contribution in [0, 0.1) is 11.3 Å². The molecule has 0 aliphatic heterocycles. The maximum absolute atomic E-state index is 12.6. The fourth-order valence-corrected chi connectivity index (χ4v) is 2.57. The van der Waals surface area contributed by atoms with Crippen LogP contribution in [0.3, 0.4) is 0 Å². The molecule has 0 aliphatic rings. The van der Waals surface area contributed by atoms with Crippen molar-refractivity contribution in [2.75, 3.05) is 20.3 Å². The van der Waals surface area contributed by atoms with Crippen LogP contribution in [0.15, 0.2) is 21.9 Å². The summed E-state index contributed by atoms with van der Waals surface area (Å²) in [6.07, 6.45) is 0.343. The average molecular weight is 370 g/mol. The van der Waals surface area contributed by atoms with E-state index in [0.717, 1.165) is 4.57 Å². The molecule has 0 aromatic carbocycles. The van der Waals surface area contributed by atoms with Crippen molar-refractivity contribution < 1.29 is 23.8 Å². The Morgan fingerprint density at radius 1 is 1.23 bits per heavy atom. The summed E-state index contributed by atoms with van der Waals surface area (Å²) in [5, 5.41) is 0. The minimum atomic E-state index is -1.31. The van der Waals surface area contributed by atoms with Gasteiger partial charge in [0.25, 0.3) is 5.56 Å². The van der Waals surface area contributed by atoms with Gasteiger partial charge in [-0.3, -0.25) is 23.9 Å². The molecule has 26 heavy (non-hydrogen) atoms. The number of hydrogen-bond acceptors (Lipinski definition) is 7. The van der Waals surface area contributed by atoms with Crippen LogP contribution in [0.4, 0.5) is 0 Å². The highest BCUT2D eigenvalue weighted by molar-refractivity contribution is 5.84. The summed E-state index contributed by atoms with van der Waals surface area (Å²) < 4.78 is 16.7. The zero-order chi connectivity index (χ0) is 19.9. The van der Waals surface area contributed by atoms with E-state index in [-0.39, 0.29) is 19.6 Å². The van der Waals surface area contributed by atoms with E-state index in [2.05, 4.69) is 4.98 Å². The predicted octanol–water partition coefficient (Wildman–Crippen LogP) is 0.840. The smallest absolute Gasteiger partial charge is 0.330 e. The fraction of sp³-hybridized carbons (Fsp3) is 0.647. The first-order chi connectivity index (χ1) is 12.2. The third kappa shape index (κ3) is 4.81. The van der Waals surface area contributed by atoms with Crippen LogP contribution in [0.5, 0.6) is 0 Å². The molecular weight excluding hydrogens is 344 g/mol. The number of nitrogens with zero attached hydrogens (tertiary/aromatic N) is 1. The van der Waals surface area contributed by atoms with Crippen LogP contribution in [0.25, 0.3) is 0 Å². The minimum Gasteiger partial charge on any atom is -0.466 e. The molecule has 0 fully saturated rings. The molecule has 1 heterocycles. The topological polar surface area (TPSA) is 117 Å². The SMILES string of the molecule is CCOC(=O)C(C)C(C)(CC(OC)n1ccc(=O)[nH]c1=O)C(=O)OCC. The van der Waals surface area contributed by atoms with Gasteiger partial charge in [0.15, 0.2) is 0 Å². The summed E-state index contributed by atoms with van der Waals surface area (Å²) in [5.41, 5.74) is -2.54. The van der Waals surface area contributed by atoms with Gasteiger partial charge in [-0.2, -0.15) is 0 Å². The van der Waals surface area contributed by atoms with Crippen molar-refractivity contribution in [3.05, 3.63) is 33.1 Å². The van der Waals surface area contributed by atoms with Crippen molar-refractivity contribution in [1.29, 1.82) is 0 Å². The van der Waals surface area contributed by atoms with Crippen molar-refractivity contribution in [3.8, 4) is 0 Å². The van der Waals surface area contributed by atoms with Crippen molar-refractivity contribution >= 4 is 11.9 Å². The van der Waals surface area contributed by atoms with E-state index in [1.807, 2.05) is 0 Å². The van der Waals surface area contributed by atoms with Crippen LogP contribution in [0.1, 0.15) is 40.3 Å². The van der Waals surface area contributed by atoms with E-state index in [0.29, 0.717) is 0 Å². The van der Waals surface area contributed by atoms with Gasteiger partial charge in [-0.05, 0) is 20.8 Å². The summed E-state index contributed by atoms with van der Waals surface area (Å²) in [7, 11) is 1.36. The van der Waals surface area contributed by atoms with Crippen molar-refractivity contribution in [3.63, 3.8) is 0 Å². The first kappa shape index (κ1) is 21.6. The van der Waals surface area contributed by atoms with Gasteiger partial charge in [-0.15, -0.1) is 0 Å². The van der Waals surface area contributed by atoms with Crippen LogP contribution >= 0.6 is 0 Å². The van der Waals surface area contributed by atoms with Gasteiger partial charge in [0, 0.05) is 25.8 Å². The molecule has 0 saturated heterocycles. The monoisotopic (exact) mass is 370 g/mol. The molecule has 0 saturated carbocycles. The Hall–Kier alpha value is -2.42. The summed E-state index contributed by atoms with van der Waals surface area (Å²) in [4.78, 5) is 50.3. The lowest BCUT2D eigenvalue weighted by Gasteiger charge is -2.34. The van der Waals surface area contributed by atoms with Gasteiger partial charge in [-0.25, -0.2) is 4.79 Å². The molecule has 3 unspecified atom stereocenters. The first-order valence-corrected chi connectivity index (χ1v) is 8.39. The highest BCUT2D eigenvalue weighted by Crippen LogP contribution is 2.38. The number of H-pyrrole nitrogens is 1. The fourth-order valence-electron chi connectivity index (χ4n) is 2.57. The predicted molar refractivity (Wildman–Crippen MR) is 92.5 cm³/mol. The standard InChI is InChI=1S/C17H26N2O7/c1-6-25-14(21)11(3)17(4,15(22)26-7-2)10-13(24-5)19-9-8-12(20)18-16(19)23/h8-9,11,13H,6-7,10H2,1-5H3,(H,18,20,23). The van der Waals surface area contributed by atoms with Gasteiger partial charge < -0.3 is 14.2 Å². The molecule has 3 atom stereocenters. The summed E-state index contributed by atoms with van der Waals surface area (Å²) >= 11 is 0. The number of aromatic nitrogens is 2. The van der Waals surface area contributed by atoms with Crippen molar-refractivity contribution in [2.24, 2.45) is 11.3 Å². The second kappa shape index (κ2) is 9.33. The Morgan fingerprint density at radius 3 is 2.35 bits per heavy atom. The molecule has 0 radical (unpaired) electrons. The molecule has 0 aliphatic carbocycles. The van der Waals surface area contributed by atoms with Crippen molar-refractivity contribution in [1.82, 2.24) is 9.55 Å². The molecule has 9 heteroatoms. The van der Waals surface area contributed by atoms with E-state index in [4.69, 9.17) is 14.2 Å². The summed E-state index contributed by atoms with van der Waals surface area (Å²) in [6, 6.07) is 1.17. The molecule has 1 N–H and O–H groups in total. The third-order valence-corrected chi connectivity index (χ3v) is 4.37. The average Bonchev–Trinajstić information content (AvgIpc) is 2.59. The van der Waals surface area contributed by atoms with Crippen molar-refractivity contribution in [2.45, 2.75) is 40.3 Å². The Kier molecular flexibility index (Phi) is 7.76. The van der Waals surface area contributed by atoms with Crippen LogP contribution < -0.4 is 11.2 Å². The first-order valence-electron chi connectivity index (χ1n) is 8.39. The van der Waals surface area contributed by atoms with E-state index in [1.54, 1.807) is 27.7 Å². The normalized spacial score (nSPS) is 15.6. The number of ether oxygens (including phenoxy) is 3. The molecule has 1 aromatic rings. The highest BCUT2D eigenvalue weighted by Gasteiger charge is 2.46. The quantitative estimate of drug-likeness (QED) is 0.640. The lowest BCUT2D eigenvalue weighted by molar-refractivity contribution is -0.171. The van der Waals surface area contributed by atoms with Crippen LogP contribution in [0.2, 0.25) is 0 Å². The molecule has 1 aromatic heterocycles. The molecular formula is C17H26N2O7. The zero-order valence-corrected chi connectivity index (χ0v) is 15.7. The molecule has 9 nitrogen and oxygen atoms in total. The Morgan fingerprint density at radius 2 is 1.85 bits per heavy atom. The van der Waals surface area contributed by atoms with Gasteiger partial charge in [0.1, 0.15) is 6.23 Å². The van der Waals surface area contributed by atoms with Crippen LogP contribution in [-0.4, -0.2) is 41.8 Å². The number of rotatable bonds is 9. The maximum Gasteiger partial charge on any atom is 0.330 e. The Balaban J connectivity index is 3.28. The number of carbonyl (C=O) groups excluding carboxylic acids is 2. The lowest BCUT2D eigenvalue weighted by Crippen LogP contribution is -2.44. The van der Waals surface area contributed by atoms with Gasteiger partial charge in [0.05, 0.1) is 24.5 Å². The second-order valence-corrected chi connectivity index (χ2v) is 6.02. The van der Waals surface area contributed by atoms with E-state index >= 15 is 0 Å². The van der Waals surface area contributed by atoms with E-state index in [1.165, 1.54) is 19.4 Å². The van der Waals surface area contributed by atoms with Gasteiger partial charge >= 0.3 is 17.6 Å². The van der Waals surface area contributed by atoms with Gasteiger partial charge in [-0.1, -0.05) is 6.92 Å². The Bertz CT molecular complexity index is 739. The molecule has 0 bridgehead atoms. The second-order valence-electron chi connectivity index (χ2n) is 6.02.